The number of hydrogen-bond acceptors (Lipinski definition) is 6. The molecule has 0 aromatic carbocycles. The summed E-state index contributed by atoms with van der Waals surface area (Å²) >= 11 is 0.838. The highest BCUT2D eigenvalue weighted by Crippen LogP contribution is 2.31. The molecule has 0 aliphatic rings. The van der Waals surface area contributed by atoms with Crippen LogP contribution in [0.25, 0.3) is 0 Å². The minimum absolute atomic E-state index is 0.0853. The first-order valence-electron chi connectivity index (χ1n) is 8.10. The number of halogens is 3. The number of thioether (sulfide) groups is 1. The van der Waals surface area contributed by atoms with Gasteiger partial charge in [0.2, 0.25) is 5.91 Å². The summed E-state index contributed by atoms with van der Waals surface area (Å²) in [7, 11) is 1.67. The lowest BCUT2D eigenvalue weighted by Crippen LogP contribution is -2.21. The second kappa shape index (κ2) is 9.45. The molecule has 146 valence electrons. The van der Waals surface area contributed by atoms with E-state index >= 15 is 0 Å². The van der Waals surface area contributed by atoms with E-state index in [0.717, 1.165) is 24.2 Å². The zero-order valence-electron chi connectivity index (χ0n) is 14.8. The van der Waals surface area contributed by atoms with Gasteiger partial charge in [-0.05, 0) is 24.0 Å². The number of amides is 1. The van der Waals surface area contributed by atoms with E-state index in [4.69, 9.17) is 4.42 Å². The highest BCUT2D eigenvalue weighted by Gasteiger charge is 2.34. The second-order valence-electron chi connectivity index (χ2n) is 5.53. The average Bonchev–Trinajstić information content (AvgIpc) is 3.13. The molecule has 0 spiro atoms. The Hall–Kier alpha value is -2.49. The number of nitrogens with zero attached hydrogens (tertiary/aromatic N) is 3. The molecular formula is C17H19F3N4O2S. The number of nitrogens with one attached hydrogen (secondary N) is 1. The number of carbonyl (C=O) groups excluding carboxylic acids is 1. The Bertz CT molecular complexity index is 779. The van der Waals surface area contributed by atoms with Crippen molar-refractivity contribution < 1.29 is 22.4 Å². The summed E-state index contributed by atoms with van der Waals surface area (Å²) in [5.41, 5.74) is -1.02. The molecule has 0 aliphatic heterocycles. The van der Waals surface area contributed by atoms with Crippen LogP contribution in [-0.2, 0) is 17.5 Å². The Labute approximate surface area is 158 Å². The molecule has 1 amide bonds. The molecule has 2 aromatic rings. The first-order valence-corrected chi connectivity index (χ1v) is 8.98. The zero-order chi connectivity index (χ0) is 19.9. The molecule has 2 rings (SSSR count). The van der Waals surface area contributed by atoms with Gasteiger partial charge in [0, 0.05) is 25.7 Å². The third-order valence-corrected chi connectivity index (χ3v) is 4.01. The fourth-order valence-corrected chi connectivity index (χ4v) is 2.67. The summed E-state index contributed by atoms with van der Waals surface area (Å²) in [6.45, 7) is 2.69. The third kappa shape index (κ3) is 6.63. The number of anilines is 1. The van der Waals surface area contributed by atoms with E-state index in [2.05, 4.69) is 15.3 Å². The maximum absolute atomic E-state index is 13.1. The molecular weight excluding hydrogens is 381 g/mol. The van der Waals surface area contributed by atoms with Gasteiger partial charge in [0.15, 0.2) is 10.9 Å². The number of hydrogen-bond donors (Lipinski definition) is 1. The molecule has 2 aromatic heterocycles. The van der Waals surface area contributed by atoms with Gasteiger partial charge < -0.3 is 14.6 Å². The summed E-state index contributed by atoms with van der Waals surface area (Å²) in [4.78, 5) is 21.0. The molecule has 0 bridgehead atoms. The van der Waals surface area contributed by atoms with Crippen LogP contribution in [0.15, 0.2) is 45.5 Å². The van der Waals surface area contributed by atoms with Crippen LogP contribution in [0.2, 0.25) is 0 Å². The smallest absolute Gasteiger partial charge is 0.433 e. The molecule has 0 saturated heterocycles. The Morgan fingerprint density at radius 1 is 1.41 bits per heavy atom. The molecule has 0 unspecified atom stereocenters. The number of aromatic nitrogens is 2. The Balaban J connectivity index is 2.05. The molecule has 27 heavy (non-hydrogen) atoms. The Kier molecular flexibility index (Phi) is 7.28. The van der Waals surface area contributed by atoms with Crippen molar-refractivity contribution in [1.82, 2.24) is 15.3 Å². The average molecular weight is 400 g/mol. The summed E-state index contributed by atoms with van der Waals surface area (Å²) in [5.74, 6) is 0.362. The zero-order valence-corrected chi connectivity index (χ0v) is 15.6. The van der Waals surface area contributed by atoms with Crippen LogP contribution in [0.1, 0.15) is 24.8 Å². The molecule has 0 radical (unpaired) electrons. The van der Waals surface area contributed by atoms with Crippen molar-refractivity contribution in [1.29, 1.82) is 0 Å². The van der Waals surface area contributed by atoms with Gasteiger partial charge in [-0.3, -0.25) is 4.79 Å². The van der Waals surface area contributed by atoms with Crippen LogP contribution in [0.3, 0.4) is 0 Å². The maximum atomic E-state index is 13.1. The van der Waals surface area contributed by atoms with E-state index in [1.165, 1.54) is 17.7 Å². The lowest BCUT2D eigenvalue weighted by molar-refractivity contribution is -0.141. The van der Waals surface area contributed by atoms with Crippen molar-refractivity contribution in [3.05, 3.63) is 47.4 Å². The van der Waals surface area contributed by atoms with Crippen molar-refractivity contribution in [2.45, 2.75) is 31.2 Å². The summed E-state index contributed by atoms with van der Waals surface area (Å²) in [6, 6.07) is 4.33. The standard InChI is InChI=1S/C17H19F3N4O2S/c1-3-7-24(2)14-10-13(17(18,19)20)22-16(23-14)27-9-6-15(25)21-11-12-5-4-8-26-12/h4-6,8-10H,3,7,11H2,1-2H3,(H,21,25). The molecule has 0 fully saturated rings. The molecule has 0 saturated carbocycles. The first kappa shape index (κ1) is 20.8. The van der Waals surface area contributed by atoms with Crippen LogP contribution in [0.4, 0.5) is 19.0 Å². The molecule has 0 aliphatic carbocycles. The van der Waals surface area contributed by atoms with Crippen LogP contribution >= 0.6 is 11.8 Å². The minimum Gasteiger partial charge on any atom is -0.467 e. The van der Waals surface area contributed by atoms with Crippen molar-refractivity contribution in [2.75, 3.05) is 18.5 Å². The van der Waals surface area contributed by atoms with Gasteiger partial charge in [-0.15, -0.1) is 0 Å². The van der Waals surface area contributed by atoms with Gasteiger partial charge >= 0.3 is 6.18 Å². The SMILES string of the molecule is CCCN(C)c1cc(C(F)(F)F)nc(SC=CC(=O)NCc2ccco2)n1. The topological polar surface area (TPSA) is 71.3 Å². The monoisotopic (exact) mass is 400 g/mol. The quantitative estimate of drug-likeness (QED) is 0.412. The largest absolute Gasteiger partial charge is 0.467 e. The van der Waals surface area contributed by atoms with E-state index in [0.29, 0.717) is 12.3 Å². The van der Waals surface area contributed by atoms with Crippen LogP contribution < -0.4 is 10.2 Å². The number of rotatable bonds is 8. The van der Waals surface area contributed by atoms with Crippen molar-refractivity contribution in [2.24, 2.45) is 0 Å². The van der Waals surface area contributed by atoms with Gasteiger partial charge in [0.05, 0.1) is 12.8 Å². The van der Waals surface area contributed by atoms with Crippen LogP contribution in [-0.4, -0.2) is 29.5 Å². The molecule has 1 N–H and O–H groups in total. The van der Waals surface area contributed by atoms with Crippen LogP contribution in [0.5, 0.6) is 0 Å². The number of carbonyl (C=O) groups is 1. The summed E-state index contributed by atoms with van der Waals surface area (Å²) < 4.78 is 44.3. The molecule has 10 heteroatoms. The summed E-state index contributed by atoms with van der Waals surface area (Å²) in [6.07, 6.45) is -1.12. The van der Waals surface area contributed by atoms with Crippen molar-refractivity contribution in [3.8, 4) is 0 Å². The van der Waals surface area contributed by atoms with E-state index in [1.54, 1.807) is 24.1 Å². The van der Waals surface area contributed by atoms with Gasteiger partial charge in [-0.1, -0.05) is 18.7 Å². The van der Waals surface area contributed by atoms with Crippen molar-refractivity contribution >= 4 is 23.5 Å². The Morgan fingerprint density at radius 3 is 2.81 bits per heavy atom. The summed E-state index contributed by atoms with van der Waals surface area (Å²) in [5, 5.41) is 3.85. The van der Waals surface area contributed by atoms with Gasteiger partial charge in [0.1, 0.15) is 11.6 Å². The van der Waals surface area contributed by atoms with Crippen LogP contribution in [0, 0.1) is 0 Å². The number of furan rings is 1. The van der Waals surface area contributed by atoms with E-state index in [1.807, 2.05) is 6.92 Å². The minimum atomic E-state index is -4.58. The maximum Gasteiger partial charge on any atom is 0.433 e. The lowest BCUT2D eigenvalue weighted by Gasteiger charge is -2.18. The normalized spacial score (nSPS) is 11.7. The molecule has 2 heterocycles. The highest BCUT2D eigenvalue weighted by atomic mass is 32.2. The lowest BCUT2D eigenvalue weighted by atomic mass is 10.3. The van der Waals surface area contributed by atoms with E-state index in [9.17, 15) is 18.0 Å². The fourth-order valence-electron chi connectivity index (χ4n) is 2.06. The Morgan fingerprint density at radius 2 is 2.19 bits per heavy atom. The predicted molar refractivity (Wildman–Crippen MR) is 96.1 cm³/mol. The first-order chi connectivity index (χ1) is 12.8. The van der Waals surface area contributed by atoms with Crippen molar-refractivity contribution in [3.63, 3.8) is 0 Å². The highest BCUT2D eigenvalue weighted by molar-refractivity contribution is 8.02. The molecule has 0 atom stereocenters. The van der Waals surface area contributed by atoms with E-state index in [-0.39, 0.29) is 17.5 Å². The third-order valence-electron chi connectivity index (χ3n) is 3.34. The van der Waals surface area contributed by atoms with Gasteiger partial charge in [-0.2, -0.15) is 13.2 Å². The fraction of sp³-hybridized carbons (Fsp3) is 0.353. The second-order valence-corrected chi connectivity index (χ2v) is 6.40. The molecule has 6 nitrogen and oxygen atoms in total. The van der Waals surface area contributed by atoms with Gasteiger partial charge in [-0.25, -0.2) is 9.97 Å². The predicted octanol–water partition coefficient (Wildman–Crippen LogP) is 3.86. The van der Waals surface area contributed by atoms with E-state index < -0.39 is 17.8 Å². The van der Waals surface area contributed by atoms with Gasteiger partial charge in [0.25, 0.3) is 0 Å². The number of alkyl halides is 3.